The lowest BCUT2D eigenvalue weighted by molar-refractivity contribution is 0.169. The van der Waals surface area contributed by atoms with Gasteiger partial charge in [0.15, 0.2) is 0 Å². The highest BCUT2D eigenvalue weighted by Gasteiger charge is 2.21. The summed E-state index contributed by atoms with van der Waals surface area (Å²) in [6, 6.07) is 9.36. The van der Waals surface area contributed by atoms with Crippen LogP contribution in [-0.4, -0.2) is 30.1 Å². The maximum atomic E-state index is 3.64. The molecule has 0 aromatic heterocycles. The first-order valence-corrected chi connectivity index (χ1v) is 7.70. The van der Waals surface area contributed by atoms with Crippen LogP contribution in [0.25, 0.3) is 0 Å². The molecular weight excluding hydrogens is 244 g/mol. The zero-order valence-electron chi connectivity index (χ0n) is 14.3. The molecule has 1 aromatic rings. The van der Waals surface area contributed by atoms with Crippen molar-refractivity contribution in [3.63, 3.8) is 0 Å². The average molecular weight is 276 g/mol. The van der Waals surface area contributed by atoms with Crippen LogP contribution in [0.2, 0.25) is 0 Å². The van der Waals surface area contributed by atoms with Crippen LogP contribution < -0.4 is 5.32 Å². The van der Waals surface area contributed by atoms with Gasteiger partial charge in [0.25, 0.3) is 0 Å². The Balaban J connectivity index is 2.67. The highest BCUT2D eigenvalue weighted by Crippen LogP contribution is 2.14. The summed E-state index contributed by atoms with van der Waals surface area (Å²) in [4.78, 5) is 2.47. The Labute approximate surface area is 125 Å². The van der Waals surface area contributed by atoms with Gasteiger partial charge in [-0.15, -0.1) is 0 Å². The van der Waals surface area contributed by atoms with Gasteiger partial charge in [-0.3, -0.25) is 4.90 Å². The lowest BCUT2D eigenvalue weighted by Gasteiger charge is -2.34. The largest absolute Gasteiger partial charge is 0.311 e. The predicted octanol–water partition coefficient (Wildman–Crippen LogP) is 3.84. The molecule has 1 aromatic carbocycles. The summed E-state index contributed by atoms with van der Waals surface area (Å²) in [5.41, 5.74) is 2.91. The smallest absolute Gasteiger partial charge is 0.0244 e. The molecule has 1 unspecified atom stereocenters. The molecule has 0 aliphatic heterocycles. The molecular formula is C18H32N2. The zero-order valence-corrected chi connectivity index (χ0v) is 14.3. The van der Waals surface area contributed by atoms with E-state index >= 15 is 0 Å². The Kier molecular flexibility index (Phi) is 6.22. The van der Waals surface area contributed by atoms with Gasteiger partial charge in [0.05, 0.1) is 0 Å². The van der Waals surface area contributed by atoms with Gasteiger partial charge in [0.2, 0.25) is 0 Å². The van der Waals surface area contributed by atoms with Gasteiger partial charge in [-0.1, -0.05) is 43.7 Å². The minimum Gasteiger partial charge on any atom is -0.311 e. The number of hydrogen-bond acceptors (Lipinski definition) is 2. The molecule has 2 nitrogen and oxygen atoms in total. The Morgan fingerprint density at radius 1 is 1.20 bits per heavy atom. The van der Waals surface area contributed by atoms with Crippen molar-refractivity contribution in [3.8, 4) is 0 Å². The maximum absolute atomic E-state index is 3.64. The lowest BCUT2D eigenvalue weighted by Crippen LogP contribution is -2.48. The number of nitrogens with zero attached hydrogens (tertiary/aromatic N) is 1. The van der Waals surface area contributed by atoms with Crippen LogP contribution >= 0.6 is 0 Å². The fourth-order valence-corrected chi connectivity index (χ4v) is 2.53. The summed E-state index contributed by atoms with van der Waals surface area (Å²) < 4.78 is 0. The summed E-state index contributed by atoms with van der Waals surface area (Å²) in [5.74, 6) is 0.639. The number of rotatable bonds is 6. The quantitative estimate of drug-likeness (QED) is 0.849. The fourth-order valence-electron chi connectivity index (χ4n) is 2.53. The van der Waals surface area contributed by atoms with E-state index < -0.39 is 0 Å². The Hall–Kier alpha value is -0.860. The minimum absolute atomic E-state index is 0.178. The van der Waals surface area contributed by atoms with E-state index in [-0.39, 0.29) is 5.54 Å². The van der Waals surface area contributed by atoms with Gasteiger partial charge in [0.1, 0.15) is 0 Å². The number of hydrogen-bond donors (Lipinski definition) is 1. The number of nitrogens with one attached hydrogen (secondary N) is 1. The first-order valence-electron chi connectivity index (χ1n) is 7.70. The third kappa shape index (κ3) is 6.06. The lowest BCUT2D eigenvalue weighted by atomic mass is 10.00. The third-order valence-corrected chi connectivity index (χ3v) is 3.69. The standard InChI is InChI=1S/C18H32N2/c1-14(2)17(12-19-18(4,5)6)20(7)13-16-10-8-9-15(3)11-16/h8-11,14,17,19H,12-13H2,1-7H3. The van der Waals surface area contributed by atoms with E-state index in [4.69, 9.17) is 0 Å². The first-order chi connectivity index (χ1) is 9.19. The molecule has 114 valence electrons. The van der Waals surface area contributed by atoms with Crippen molar-refractivity contribution in [3.05, 3.63) is 35.4 Å². The molecule has 1 rings (SSSR count). The van der Waals surface area contributed by atoms with Crippen molar-refractivity contribution in [2.24, 2.45) is 5.92 Å². The van der Waals surface area contributed by atoms with Crippen LogP contribution in [0.5, 0.6) is 0 Å². The number of aryl methyl sites for hydroxylation is 1. The summed E-state index contributed by atoms with van der Waals surface area (Å²) >= 11 is 0. The number of benzene rings is 1. The SMILES string of the molecule is Cc1cccc(CN(C)C(CNC(C)(C)C)C(C)C)c1. The molecule has 0 aliphatic carbocycles. The van der Waals surface area contributed by atoms with Gasteiger partial charge in [-0.25, -0.2) is 0 Å². The van der Waals surface area contributed by atoms with E-state index in [1.807, 2.05) is 0 Å². The Bertz CT molecular complexity index is 404. The van der Waals surface area contributed by atoms with Gasteiger partial charge >= 0.3 is 0 Å². The van der Waals surface area contributed by atoms with Crippen molar-refractivity contribution in [2.45, 2.75) is 59.7 Å². The van der Waals surface area contributed by atoms with E-state index in [0.29, 0.717) is 12.0 Å². The van der Waals surface area contributed by atoms with Crippen molar-refractivity contribution >= 4 is 0 Å². The Morgan fingerprint density at radius 2 is 1.85 bits per heavy atom. The summed E-state index contributed by atoms with van der Waals surface area (Å²) in [6.45, 7) is 15.5. The van der Waals surface area contributed by atoms with Crippen LogP contribution in [0.3, 0.4) is 0 Å². The number of likely N-dealkylation sites (N-methyl/N-ethyl adjacent to an activating group) is 1. The molecule has 1 atom stereocenters. The van der Waals surface area contributed by atoms with Crippen LogP contribution in [0.4, 0.5) is 0 Å². The average Bonchev–Trinajstić information content (AvgIpc) is 2.26. The molecule has 0 bridgehead atoms. The fraction of sp³-hybridized carbons (Fsp3) is 0.667. The van der Waals surface area contributed by atoms with Crippen molar-refractivity contribution in [1.29, 1.82) is 0 Å². The summed E-state index contributed by atoms with van der Waals surface area (Å²) in [5, 5.41) is 3.64. The van der Waals surface area contributed by atoms with Gasteiger partial charge in [0, 0.05) is 24.7 Å². The zero-order chi connectivity index (χ0) is 15.3. The molecule has 20 heavy (non-hydrogen) atoms. The van der Waals surface area contributed by atoms with Gasteiger partial charge in [-0.05, 0) is 46.2 Å². The second kappa shape index (κ2) is 7.24. The van der Waals surface area contributed by atoms with E-state index in [1.165, 1.54) is 11.1 Å². The predicted molar refractivity (Wildman–Crippen MR) is 89.0 cm³/mol. The van der Waals surface area contributed by atoms with Crippen molar-refractivity contribution in [1.82, 2.24) is 10.2 Å². The Morgan fingerprint density at radius 3 is 2.35 bits per heavy atom. The highest BCUT2D eigenvalue weighted by molar-refractivity contribution is 5.22. The minimum atomic E-state index is 0.178. The van der Waals surface area contributed by atoms with E-state index in [9.17, 15) is 0 Å². The summed E-state index contributed by atoms with van der Waals surface area (Å²) in [6.07, 6.45) is 0. The highest BCUT2D eigenvalue weighted by atomic mass is 15.2. The van der Waals surface area contributed by atoms with Gasteiger partial charge < -0.3 is 5.32 Å². The van der Waals surface area contributed by atoms with Crippen LogP contribution in [0, 0.1) is 12.8 Å². The molecule has 0 saturated carbocycles. The summed E-state index contributed by atoms with van der Waals surface area (Å²) in [7, 11) is 2.23. The van der Waals surface area contributed by atoms with Crippen molar-refractivity contribution < 1.29 is 0 Å². The van der Waals surface area contributed by atoms with Crippen LogP contribution in [0.1, 0.15) is 45.7 Å². The molecule has 2 heteroatoms. The van der Waals surface area contributed by atoms with Gasteiger partial charge in [-0.2, -0.15) is 0 Å². The first kappa shape index (κ1) is 17.2. The van der Waals surface area contributed by atoms with E-state index in [0.717, 1.165) is 13.1 Å². The topological polar surface area (TPSA) is 15.3 Å². The normalized spacial score (nSPS) is 14.1. The van der Waals surface area contributed by atoms with Crippen LogP contribution in [0.15, 0.2) is 24.3 Å². The monoisotopic (exact) mass is 276 g/mol. The molecule has 1 N–H and O–H groups in total. The molecule has 0 fully saturated rings. The molecule has 0 saturated heterocycles. The molecule has 0 spiro atoms. The molecule has 0 heterocycles. The second-order valence-electron chi connectivity index (χ2n) is 7.35. The van der Waals surface area contributed by atoms with E-state index in [1.54, 1.807) is 0 Å². The third-order valence-electron chi connectivity index (χ3n) is 3.69. The molecule has 0 radical (unpaired) electrons. The molecule has 0 aliphatic rings. The molecule has 0 amide bonds. The maximum Gasteiger partial charge on any atom is 0.0244 e. The van der Waals surface area contributed by atoms with Crippen LogP contribution in [-0.2, 0) is 6.54 Å². The second-order valence-corrected chi connectivity index (χ2v) is 7.35. The van der Waals surface area contributed by atoms with E-state index in [2.05, 4.69) is 83.1 Å². The van der Waals surface area contributed by atoms with Crippen molar-refractivity contribution in [2.75, 3.05) is 13.6 Å².